The zero-order chi connectivity index (χ0) is 11.4. The second-order valence-corrected chi connectivity index (χ2v) is 4.19. The fraction of sp³-hybridized carbons (Fsp3) is 0.818. The second-order valence-electron chi connectivity index (χ2n) is 4.19. The Morgan fingerprint density at radius 2 is 2.00 bits per heavy atom. The number of hydrogen-bond donors (Lipinski definition) is 1. The summed E-state index contributed by atoms with van der Waals surface area (Å²) < 4.78 is 0. The van der Waals surface area contributed by atoms with Crippen molar-refractivity contribution >= 4 is 11.8 Å². The summed E-state index contributed by atoms with van der Waals surface area (Å²) in [7, 11) is 0. The fourth-order valence-electron chi connectivity index (χ4n) is 1.89. The smallest absolute Gasteiger partial charge is 0.245 e. The first-order chi connectivity index (χ1) is 7.08. The average molecular weight is 212 g/mol. The van der Waals surface area contributed by atoms with Crippen molar-refractivity contribution in [3.63, 3.8) is 0 Å². The van der Waals surface area contributed by atoms with Crippen LogP contribution in [0.5, 0.6) is 0 Å². The number of carbonyl (C=O) groups is 2. The highest BCUT2D eigenvalue weighted by atomic mass is 16.2. The van der Waals surface area contributed by atoms with E-state index in [9.17, 15) is 9.59 Å². The number of piperazine rings is 1. The minimum atomic E-state index is -0.361. The molecule has 1 aliphatic rings. The maximum atomic E-state index is 11.7. The summed E-state index contributed by atoms with van der Waals surface area (Å²) in [5, 5.41) is 2.64. The summed E-state index contributed by atoms with van der Waals surface area (Å²) in [6.45, 7) is 6.90. The van der Waals surface area contributed by atoms with E-state index in [4.69, 9.17) is 0 Å². The Bertz CT molecular complexity index is 249. The van der Waals surface area contributed by atoms with Gasteiger partial charge in [-0.25, -0.2) is 0 Å². The van der Waals surface area contributed by atoms with Crippen LogP contribution in [-0.2, 0) is 9.59 Å². The number of nitrogens with zero attached hydrogens (tertiary/aromatic N) is 1. The quantitative estimate of drug-likeness (QED) is 0.748. The molecule has 1 N–H and O–H groups in total. The van der Waals surface area contributed by atoms with Gasteiger partial charge in [0, 0.05) is 6.54 Å². The topological polar surface area (TPSA) is 49.4 Å². The lowest BCUT2D eigenvalue weighted by Gasteiger charge is -2.33. The Kier molecular flexibility index (Phi) is 4.12. The molecule has 1 saturated heterocycles. The maximum absolute atomic E-state index is 11.7. The first-order valence-corrected chi connectivity index (χ1v) is 5.66. The molecule has 1 rings (SSSR count). The van der Waals surface area contributed by atoms with Crippen molar-refractivity contribution in [2.45, 2.75) is 39.7 Å². The lowest BCUT2D eigenvalue weighted by Crippen LogP contribution is -2.57. The molecule has 1 aliphatic heterocycles. The summed E-state index contributed by atoms with van der Waals surface area (Å²) in [5.74, 6) is 0.501. The summed E-state index contributed by atoms with van der Waals surface area (Å²) in [6.07, 6.45) is 2.10. The highest BCUT2D eigenvalue weighted by Crippen LogP contribution is 2.12. The molecular formula is C11H20N2O2. The molecule has 15 heavy (non-hydrogen) atoms. The van der Waals surface area contributed by atoms with Crippen LogP contribution < -0.4 is 5.32 Å². The maximum Gasteiger partial charge on any atom is 0.245 e. The van der Waals surface area contributed by atoms with Crippen molar-refractivity contribution in [3.05, 3.63) is 0 Å². The molecule has 2 amide bonds. The van der Waals surface area contributed by atoms with Crippen LogP contribution in [0.4, 0.5) is 0 Å². The molecule has 0 saturated carbocycles. The Morgan fingerprint density at radius 1 is 1.40 bits per heavy atom. The SMILES string of the molecule is CCC(CC)CN1CC(=O)NC(C)C1=O. The molecule has 0 aromatic heterocycles. The molecule has 1 unspecified atom stereocenters. The molecule has 1 atom stereocenters. The van der Waals surface area contributed by atoms with Crippen molar-refractivity contribution < 1.29 is 9.59 Å². The van der Waals surface area contributed by atoms with E-state index >= 15 is 0 Å². The standard InChI is InChI=1S/C11H20N2O2/c1-4-9(5-2)6-13-7-10(14)12-8(3)11(13)15/h8-9H,4-7H2,1-3H3,(H,12,14). The summed E-state index contributed by atoms with van der Waals surface area (Å²) in [5.41, 5.74) is 0. The van der Waals surface area contributed by atoms with Gasteiger partial charge >= 0.3 is 0 Å². The van der Waals surface area contributed by atoms with E-state index in [0.717, 1.165) is 12.8 Å². The zero-order valence-corrected chi connectivity index (χ0v) is 9.75. The fourth-order valence-corrected chi connectivity index (χ4v) is 1.89. The van der Waals surface area contributed by atoms with Crippen LogP contribution in [0.1, 0.15) is 33.6 Å². The van der Waals surface area contributed by atoms with E-state index in [0.29, 0.717) is 12.5 Å². The van der Waals surface area contributed by atoms with Crippen LogP contribution in [0, 0.1) is 5.92 Å². The summed E-state index contributed by atoms with van der Waals surface area (Å²) in [4.78, 5) is 24.7. The zero-order valence-electron chi connectivity index (χ0n) is 9.75. The van der Waals surface area contributed by atoms with Gasteiger partial charge in [-0.1, -0.05) is 26.7 Å². The third-order valence-corrected chi connectivity index (χ3v) is 3.03. The molecule has 4 nitrogen and oxygen atoms in total. The molecule has 0 aromatic rings. The highest BCUT2D eigenvalue weighted by Gasteiger charge is 2.30. The third kappa shape index (κ3) is 2.94. The molecule has 0 aromatic carbocycles. The first-order valence-electron chi connectivity index (χ1n) is 5.66. The molecule has 0 bridgehead atoms. The number of carbonyl (C=O) groups excluding carboxylic acids is 2. The van der Waals surface area contributed by atoms with Gasteiger partial charge in [0.05, 0.1) is 6.54 Å². The van der Waals surface area contributed by atoms with Crippen LogP contribution in [-0.4, -0.2) is 35.8 Å². The Hall–Kier alpha value is -1.06. The van der Waals surface area contributed by atoms with Gasteiger partial charge in [0.1, 0.15) is 6.04 Å². The van der Waals surface area contributed by atoms with Crippen molar-refractivity contribution in [2.24, 2.45) is 5.92 Å². The van der Waals surface area contributed by atoms with Gasteiger partial charge in [0.2, 0.25) is 11.8 Å². The van der Waals surface area contributed by atoms with Gasteiger partial charge in [0.25, 0.3) is 0 Å². The third-order valence-electron chi connectivity index (χ3n) is 3.03. The molecule has 86 valence electrons. The van der Waals surface area contributed by atoms with Crippen LogP contribution >= 0.6 is 0 Å². The lowest BCUT2D eigenvalue weighted by molar-refractivity contribution is -0.144. The van der Waals surface area contributed by atoms with Crippen molar-refractivity contribution in [3.8, 4) is 0 Å². The van der Waals surface area contributed by atoms with Crippen LogP contribution in [0.3, 0.4) is 0 Å². The van der Waals surface area contributed by atoms with Crippen LogP contribution in [0.15, 0.2) is 0 Å². The Balaban J connectivity index is 2.59. The van der Waals surface area contributed by atoms with E-state index in [1.165, 1.54) is 0 Å². The van der Waals surface area contributed by atoms with E-state index in [1.807, 2.05) is 0 Å². The number of nitrogens with one attached hydrogen (secondary N) is 1. The van der Waals surface area contributed by atoms with E-state index < -0.39 is 0 Å². The van der Waals surface area contributed by atoms with Gasteiger partial charge in [-0.15, -0.1) is 0 Å². The number of rotatable bonds is 4. The molecule has 0 spiro atoms. The Labute approximate surface area is 91.0 Å². The van der Waals surface area contributed by atoms with Crippen LogP contribution in [0.25, 0.3) is 0 Å². The average Bonchev–Trinajstić information content (AvgIpc) is 2.21. The van der Waals surface area contributed by atoms with Crippen molar-refractivity contribution in [2.75, 3.05) is 13.1 Å². The number of hydrogen-bond acceptors (Lipinski definition) is 2. The van der Waals surface area contributed by atoms with E-state index in [1.54, 1.807) is 11.8 Å². The van der Waals surface area contributed by atoms with Crippen molar-refractivity contribution in [1.82, 2.24) is 10.2 Å². The predicted molar refractivity (Wildman–Crippen MR) is 58.3 cm³/mol. The van der Waals surface area contributed by atoms with E-state index in [2.05, 4.69) is 19.2 Å². The molecule has 0 aliphatic carbocycles. The highest BCUT2D eigenvalue weighted by molar-refractivity contribution is 5.94. The van der Waals surface area contributed by atoms with Gasteiger partial charge in [-0.2, -0.15) is 0 Å². The van der Waals surface area contributed by atoms with Gasteiger partial charge in [0.15, 0.2) is 0 Å². The van der Waals surface area contributed by atoms with Crippen LogP contribution in [0.2, 0.25) is 0 Å². The molecule has 4 heteroatoms. The normalized spacial score (nSPS) is 22.1. The minimum absolute atomic E-state index is 0.0431. The monoisotopic (exact) mass is 212 g/mol. The molecule has 1 heterocycles. The summed E-state index contributed by atoms with van der Waals surface area (Å²) >= 11 is 0. The molecule has 0 radical (unpaired) electrons. The van der Waals surface area contributed by atoms with E-state index in [-0.39, 0.29) is 24.4 Å². The second kappa shape index (κ2) is 5.14. The van der Waals surface area contributed by atoms with Gasteiger partial charge in [-0.3, -0.25) is 9.59 Å². The minimum Gasteiger partial charge on any atom is -0.343 e. The molecular weight excluding hydrogens is 192 g/mol. The predicted octanol–water partition coefficient (Wildman–Crippen LogP) is 0.769. The first kappa shape index (κ1) is 12.0. The van der Waals surface area contributed by atoms with Crippen molar-refractivity contribution in [1.29, 1.82) is 0 Å². The largest absolute Gasteiger partial charge is 0.343 e. The van der Waals surface area contributed by atoms with Gasteiger partial charge in [-0.05, 0) is 12.8 Å². The lowest BCUT2D eigenvalue weighted by atomic mass is 10.0. The Morgan fingerprint density at radius 3 is 2.53 bits per heavy atom. The molecule has 1 fully saturated rings. The summed E-state index contributed by atoms with van der Waals surface area (Å²) in [6, 6.07) is -0.361. The van der Waals surface area contributed by atoms with Gasteiger partial charge < -0.3 is 10.2 Å². The number of amides is 2.